The Kier molecular flexibility index (Phi) is 5.10. The summed E-state index contributed by atoms with van der Waals surface area (Å²) in [5.41, 5.74) is 8.00. The molecule has 0 atom stereocenters. The van der Waals surface area contributed by atoms with Crippen molar-refractivity contribution in [3.63, 3.8) is 0 Å². The van der Waals surface area contributed by atoms with E-state index in [-0.39, 0.29) is 5.91 Å². The number of amides is 1. The monoisotopic (exact) mass is 279 g/mol. The molecule has 5 heteroatoms. The maximum absolute atomic E-state index is 12.0. The SMILES string of the molecule is Cc1ccc(N)c(C(=O)NCCN2CCSCC2)c1. The Morgan fingerprint density at radius 2 is 2.16 bits per heavy atom. The van der Waals surface area contributed by atoms with Crippen LogP contribution < -0.4 is 11.1 Å². The summed E-state index contributed by atoms with van der Waals surface area (Å²) in [6.07, 6.45) is 0. The van der Waals surface area contributed by atoms with Crippen LogP contribution >= 0.6 is 11.8 Å². The fourth-order valence-corrected chi connectivity index (χ4v) is 3.09. The lowest BCUT2D eigenvalue weighted by molar-refractivity contribution is 0.0949. The average Bonchev–Trinajstić information content (AvgIpc) is 2.42. The number of benzene rings is 1. The standard InChI is InChI=1S/C14H21N3OS/c1-11-2-3-13(15)12(10-11)14(18)16-4-5-17-6-8-19-9-7-17/h2-3,10H,4-9,15H2,1H3,(H,16,18). The molecule has 1 aromatic rings. The Hall–Kier alpha value is -1.20. The Morgan fingerprint density at radius 3 is 2.89 bits per heavy atom. The zero-order valence-electron chi connectivity index (χ0n) is 11.3. The van der Waals surface area contributed by atoms with Crippen molar-refractivity contribution in [2.24, 2.45) is 0 Å². The number of nitrogens with two attached hydrogens (primary N) is 1. The number of nitrogen functional groups attached to an aromatic ring is 1. The van der Waals surface area contributed by atoms with Crippen molar-refractivity contribution < 1.29 is 4.79 Å². The fraction of sp³-hybridized carbons (Fsp3) is 0.500. The molecule has 1 aromatic carbocycles. The second kappa shape index (κ2) is 6.82. The number of nitrogens with zero attached hydrogens (tertiary/aromatic N) is 1. The highest BCUT2D eigenvalue weighted by Crippen LogP contribution is 2.13. The molecule has 0 aromatic heterocycles. The Morgan fingerprint density at radius 1 is 1.42 bits per heavy atom. The van der Waals surface area contributed by atoms with Crippen LogP contribution in [-0.4, -0.2) is 48.5 Å². The number of thioether (sulfide) groups is 1. The first-order valence-electron chi connectivity index (χ1n) is 6.61. The van der Waals surface area contributed by atoms with E-state index in [4.69, 9.17) is 5.73 Å². The van der Waals surface area contributed by atoms with Gasteiger partial charge in [0.25, 0.3) is 5.91 Å². The van der Waals surface area contributed by atoms with Gasteiger partial charge in [-0.1, -0.05) is 11.6 Å². The highest BCUT2D eigenvalue weighted by Gasteiger charge is 2.12. The van der Waals surface area contributed by atoms with Crippen molar-refractivity contribution in [1.82, 2.24) is 10.2 Å². The van der Waals surface area contributed by atoms with Crippen LogP contribution in [0.2, 0.25) is 0 Å². The first-order chi connectivity index (χ1) is 9.16. The van der Waals surface area contributed by atoms with Crippen molar-refractivity contribution in [1.29, 1.82) is 0 Å². The van der Waals surface area contributed by atoms with E-state index in [0.717, 1.165) is 25.2 Å². The van der Waals surface area contributed by atoms with Crippen LogP contribution in [0, 0.1) is 6.92 Å². The molecule has 1 aliphatic heterocycles. The van der Waals surface area contributed by atoms with Gasteiger partial charge in [0.15, 0.2) is 0 Å². The maximum atomic E-state index is 12.0. The van der Waals surface area contributed by atoms with Crippen LogP contribution in [0.4, 0.5) is 5.69 Å². The zero-order chi connectivity index (χ0) is 13.7. The normalized spacial score (nSPS) is 16.3. The molecule has 1 amide bonds. The topological polar surface area (TPSA) is 58.4 Å². The molecule has 0 unspecified atom stereocenters. The zero-order valence-corrected chi connectivity index (χ0v) is 12.1. The predicted molar refractivity (Wildman–Crippen MR) is 81.7 cm³/mol. The van der Waals surface area contributed by atoms with Crippen LogP contribution in [0.5, 0.6) is 0 Å². The summed E-state index contributed by atoms with van der Waals surface area (Å²) in [6, 6.07) is 5.53. The third-order valence-corrected chi connectivity index (χ3v) is 4.21. The van der Waals surface area contributed by atoms with Gasteiger partial charge < -0.3 is 11.1 Å². The molecule has 0 aliphatic carbocycles. The van der Waals surface area contributed by atoms with Crippen molar-refractivity contribution >= 4 is 23.4 Å². The van der Waals surface area contributed by atoms with Crippen molar-refractivity contribution in [3.8, 4) is 0 Å². The van der Waals surface area contributed by atoms with Gasteiger partial charge in [-0.05, 0) is 19.1 Å². The molecule has 104 valence electrons. The van der Waals surface area contributed by atoms with Crippen LogP contribution in [0.15, 0.2) is 18.2 Å². The Bertz CT molecular complexity index is 444. The third kappa shape index (κ3) is 4.14. The molecule has 0 spiro atoms. The van der Waals surface area contributed by atoms with E-state index >= 15 is 0 Å². The van der Waals surface area contributed by atoms with E-state index in [2.05, 4.69) is 10.2 Å². The lowest BCUT2D eigenvalue weighted by Crippen LogP contribution is -2.39. The molecule has 1 heterocycles. The summed E-state index contributed by atoms with van der Waals surface area (Å²) in [5, 5.41) is 2.95. The summed E-state index contributed by atoms with van der Waals surface area (Å²) in [4.78, 5) is 14.4. The molecule has 1 saturated heterocycles. The van der Waals surface area contributed by atoms with Crippen molar-refractivity contribution in [2.45, 2.75) is 6.92 Å². The lowest BCUT2D eigenvalue weighted by atomic mass is 10.1. The van der Waals surface area contributed by atoms with Gasteiger partial charge in [-0.15, -0.1) is 0 Å². The number of carbonyl (C=O) groups excluding carboxylic acids is 1. The minimum atomic E-state index is -0.0763. The predicted octanol–water partition coefficient (Wildman–Crippen LogP) is 1.36. The van der Waals surface area contributed by atoms with Crippen LogP contribution in [0.3, 0.4) is 0 Å². The summed E-state index contributed by atoms with van der Waals surface area (Å²) >= 11 is 1.99. The highest BCUT2D eigenvalue weighted by molar-refractivity contribution is 7.99. The molecule has 2 rings (SSSR count). The van der Waals surface area contributed by atoms with E-state index in [0.29, 0.717) is 17.8 Å². The van der Waals surface area contributed by atoms with Gasteiger partial charge in [0.1, 0.15) is 0 Å². The molecular formula is C14H21N3OS. The van der Waals surface area contributed by atoms with Crippen LogP contribution in [0.1, 0.15) is 15.9 Å². The van der Waals surface area contributed by atoms with Gasteiger partial charge in [-0.3, -0.25) is 9.69 Å². The largest absolute Gasteiger partial charge is 0.398 e. The Labute approximate surface area is 118 Å². The second-order valence-electron chi connectivity index (χ2n) is 4.80. The average molecular weight is 279 g/mol. The first kappa shape index (κ1) is 14.2. The minimum Gasteiger partial charge on any atom is -0.398 e. The van der Waals surface area contributed by atoms with E-state index in [1.807, 2.05) is 30.8 Å². The summed E-state index contributed by atoms with van der Waals surface area (Å²) < 4.78 is 0. The molecule has 0 radical (unpaired) electrons. The van der Waals surface area contributed by atoms with Crippen molar-refractivity contribution in [3.05, 3.63) is 29.3 Å². The van der Waals surface area contributed by atoms with Gasteiger partial charge in [0.2, 0.25) is 0 Å². The summed E-state index contributed by atoms with van der Waals surface area (Å²) in [6.45, 7) is 5.79. The summed E-state index contributed by atoms with van der Waals surface area (Å²) in [7, 11) is 0. The number of aryl methyl sites for hydroxylation is 1. The maximum Gasteiger partial charge on any atom is 0.253 e. The van der Waals surface area contributed by atoms with E-state index in [1.165, 1.54) is 11.5 Å². The number of carbonyl (C=O) groups is 1. The minimum absolute atomic E-state index is 0.0763. The molecule has 1 aliphatic rings. The molecule has 1 fully saturated rings. The third-order valence-electron chi connectivity index (χ3n) is 3.27. The van der Waals surface area contributed by atoms with Crippen LogP contribution in [0.25, 0.3) is 0 Å². The lowest BCUT2D eigenvalue weighted by Gasteiger charge is -2.26. The van der Waals surface area contributed by atoms with Gasteiger partial charge in [0, 0.05) is 43.4 Å². The smallest absolute Gasteiger partial charge is 0.253 e. The van der Waals surface area contributed by atoms with E-state index in [9.17, 15) is 4.79 Å². The van der Waals surface area contributed by atoms with Gasteiger partial charge in [-0.2, -0.15) is 11.8 Å². The molecule has 4 nitrogen and oxygen atoms in total. The molecule has 3 N–H and O–H groups in total. The second-order valence-corrected chi connectivity index (χ2v) is 6.03. The summed E-state index contributed by atoms with van der Waals surface area (Å²) in [5.74, 6) is 2.31. The van der Waals surface area contributed by atoms with Gasteiger partial charge >= 0.3 is 0 Å². The number of hydrogen-bond acceptors (Lipinski definition) is 4. The van der Waals surface area contributed by atoms with E-state index in [1.54, 1.807) is 6.07 Å². The van der Waals surface area contributed by atoms with E-state index < -0.39 is 0 Å². The molecule has 19 heavy (non-hydrogen) atoms. The quantitative estimate of drug-likeness (QED) is 0.817. The van der Waals surface area contributed by atoms with Gasteiger partial charge in [0.05, 0.1) is 5.56 Å². The fourth-order valence-electron chi connectivity index (χ4n) is 2.11. The van der Waals surface area contributed by atoms with Crippen molar-refractivity contribution in [2.75, 3.05) is 43.4 Å². The molecule has 0 bridgehead atoms. The highest BCUT2D eigenvalue weighted by atomic mass is 32.2. The first-order valence-corrected chi connectivity index (χ1v) is 7.77. The van der Waals surface area contributed by atoms with Crippen LogP contribution in [-0.2, 0) is 0 Å². The van der Waals surface area contributed by atoms with Gasteiger partial charge in [-0.25, -0.2) is 0 Å². The number of rotatable bonds is 4. The molecule has 0 saturated carbocycles. The number of nitrogens with one attached hydrogen (secondary N) is 1. The Balaban J connectivity index is 1.82. The number of anilines is 1. The number of hydrogen-bond donors (Lipinski definition) is 2. The molecular weight excluding hydrogens is 258 g/mol.